The van der Waals surface area contributed by atoms with E-state index in [-0.39, 0.29) is 0 Å². The van der Waals surface area contributed by atoms with Gasteiger partial charge in [-0.3, -0.25) is 4.90 Å². The van der Waals surface area contributed by atoms with Crippen molar-refractivity contribution in [3.8, 4) is 0 Å². The highest BCUT2D eigenvalue weighted by Crippen LogP contribution is 2.34. The number of fused-ring (bicyclic) bond motifs is 1. The lowest BCUT2D eigenvalue weighted by atomic mass is 10.0. The van der Waals surface area contributed by atoms with E-state index in [0.717, 1.165) is 55.9 Å². The molecule has 0 aromatic carbocycles. The Balaban J connectivity index is 1.36. The lowest BCUT2D eigenvalue weighted by Crippen LogP contribution is -2.29. The van der Waals surface area contributed by atoms with Crippen molar-refractivity contribution in [3.63, 3.8) is 0 Å². The van der Waals surface area contributed by atoms with Crippen LogP contribution < -0.4 is 4.90 Å². The monoisotopic (exact) mass is 355 g/mol. The van der Waals surface area contributed by atoms with E-state index in [2.05, 4.69) is 58.5 Å². The molecule has 0 N–H and O–H groups in total. The summed E-state index contributed by atoms with van der Waals surface area (Å²) in [6, 6.07) is 2.16. The normalized spacial score (nSPS) is 23.4. The molecule has 2 fully saturated rings. The second kappa shape index (κ2) is 6.99. The summed E-state index contributed by atoms with van der Waals surface area (Å²) in [5.74, 6) is 5.15. The quantitative estimate of drug-likeness (QED) is 0.820. The van der Waals surface area contributed by atoms with E-state index in [1.165, 1.54) is 0 Å². The van der Waals surface area contributed by atoms with Gasteiger partial charge in [0.15, 0.2) is 0 Å². The van der Waals surface area contributed by atoms with E-state index in [1.807, 2.05) is 6.20 Å². The Labute approximate surface area is 155 Å². The van der Waals surface area contributed by atoms with Crippen LogP contribution in [-0.2, 0) is 6.54 Å². The average Bonchev–Trinajstić information content (AvgIpc) is 3.30. The van der Waals surface area contributed by atoms with E-state index < -0.39 is 0 Å². The van der Waals surface area contributed by atoms with Crippen molar-refractivity contribution in [1.29, 1.82) is 0 Å². The van der Waals surface area contributed by atoms with Gasteiger partial charge >= 0.3 is 0 Å². The van der Waals surface area contributed by atoms with Crippen LogP contribution in [0.4, 0.5) is 5.82 Å². The van der Waals surface area contributed by atoms with Crippen molar-refractivity contribution in [2.45, 2.75) is 46.1 Å². The Kier molecular flexibility index (Phi) is 4.69. The van der Waals surface area contributed by atoms with E-state index >= 15 is 0 Å². The van der Waals surface area contributed by atoms with E-state index in [9.17, 15) is 0 Å². The number of likely N-dealkylation sites (tertiary alicyclic amines) is 1. The Morgan fingerprint density at radius 3 is 2.35 bits per heavy atom. The van der Waals surface area contributed by atoms with Crippen LogP contribution in [-0.4, -0.2) is 46.0 Å². The first-order valence-corrected chi connectivity index (χ1v) is 9.73. The highest BCUT2D eigenvalue weighted by molar-refractivity contribution is 5.41. The first-order valence-electron chi connectivity index (χ1n) is 9.73. The highest BCUT2D eigenvalue weighted by Gasteiger charge is 2.40. The Bertz CT molecular complexity index is 742. The van der Waals surface area contributed by atoms with E-state index in [1.54, 1.807) is 6.33 Å². The Morgan fingerprint density at radius 1 is 1.00 bits per heavy atom. The molecule has 0 aliphatic carbocycles. The SMILES string of the molecule is CC(C)c1cc(N2CC3CN(Cc4ncc(C(C)C)o4)CC3C2)ncn1. The summed E-state index contributed by atoms with van der Waals surface area (Å²) in [6.45, 7) is 13.8. The number of hydrogen-bond acceptors (Lipinski definition) is 6. The highest BCUT2D eigenvalue weighted by atomic mass is 16.4. The van der Waals surface area contributed by atoms with Crippen molar-refractivity contribution in [1.82, 2.24) is 19.9 Å². The summed E-state index contributed by atoms with van der Waals surface area (Å²) in [6.07, 6.45) is 3.58. The predicted octanol–water partition coefficient (Wildman–Crippen LogP) is 3.28. The van der Waals surface area contributed by atoms with Gasteiger partial charge in [0.1, 0.15) is 17.9 Å². The third-order valence-electron chi connectivity index (χ3n) is 5.65. The van der Waals surface area contributed by atoms with Gasteiger partial charge in [-0.25, -0.2) is 15.0 Å². The largest absolute Gasteiger partial charge is 0.444 e. The predicted molar refractivity (Wildman–Crippen MR) is 101 cm³/mol. The van der Waals surface area contributed by atoms with Crippen molar-refractivity contribution in [2.75, 3.05) is 31.1 Å². The lowest BCUT2D eigenvalue weighted by molar-refractivity contribution is 0.269. The van der Waals surface area contributed by atoms with Crippen molar-refractivity contribution < 1.29 is 4.42 Å². The van der Waals surface area contributed by atoms with Crippen LogP contribution in [0.25, 0.3) is 0 Å². The molecule has 4 heterocycles. The maximum atomic E-state index is 5.87. The minimum atomic E-state index is 0.395. The molecular weight excluding hydrogens is 326 g/mol. The topological polar surface area (TPSA) is 58.3 Å². The van der Waals surface area contributed by atoms with Gasteiger partial charge in [0.05, 0.1) is 12.7 Å². The second-order valence-corrected chi connectivity index (χ2v) is 8.39. The van der Waals surface area contributed by atoms with Gasteiger partial charge in [-0.15, -0.1) is 0 Å². The van der Waals surface area contributed by atoms with Crippen molar-refractivity contribution in [3.05, 3.63) is 35.9 Å². The molecule has 2 aliphatic rings. The summed E-state index contributed by atoms with van der Waals surface area (Å²) in [7, 11) is 0. The fourth-order valence-electron chi connectivity index (χ4n) is 4.11. The summed E-state index contributed by atoms with van der Waals surface area (Å²) < 4.78 is 5.87. The molecule has 2 saturated heterocycles. The van der Waals surface area contributed by atoms with Gasteiger partial charge in [-0.2, -0.15) is 0 Å². The average molecular weight is 355 g/mol. The molecular formula is C20H29N5O. The van der Waals surface area contributed by atoms with Gasteiger partial charge in [0.25, 0.3) is 0 Å². The van der Waals surface area contributed by atoms with Crippen molar-refractivity contribution >= 4 is 5.82 Å². The van der Waals surface area contributed by atoms with E-state index in [4.69, 9.17) is 4.42 Å². The summed E-state index contributed by atoms with van der Waals surface area (Å²) >= 11 is 0. The molecule has 2 atom stereocenters. The molecule has 0 saturated carbocycles. The zero-order chi connectivity index (χ0) is 18.3. The fourth-order valence-corrected chi connectivity index (χ4v) is 4.11. The third-order valence-corrected chi connectivity index (χ3v) is 5.65. The molecule has 0 radical (unpaired) electrons. The number of anilines is 1. The first-order chi connectivity index (χ1) is 12.5. The molecule has 0 spiro atoms. The van der Waals surface area contributed by atoms with Crippen LogP contribution in [0.1, 0.15) is 56.9 Å². The van der Waals surface area contributed by atoms with Crippen LogP contribution in [0.2, 0.25) is 0 Å². The molecule has 4 rings (SSSR count). The van der Waals surface area contributed by atoms with Crippen LogP contribution in [0.15, 0.2) is 23.0 Å². The van der Waals surface area contributed by atoms with Gasteiger partial charge in [0, 0.05) is 43.9 Å². The molecule has 0 bridgehead atoms. The maximum absolute atomic E-state index is 5.87. The van der Waals surface area contributed by atoms with Gasteiger partial charge < -0.3 is 9.32 Å². The smallest absolute Gasteiger partial charge is 0.208 e. The molecule has 6 heteroatoms. The first kappa shape index (κ1) is 17.5. The van der Waals surface area contributed by atoms with Gasteiger partial charge in [0.2, 0.25) is 5.89 Å². The van der Waals surface area contributed by atoms with Crippen molar-refractivity contribution in [2.24, 2.45) is 11.8 Å². The molecule has 2 aromatic heterocycles. The Morgan fingerprint density at radius 2 is 1.73 bits per heavy atom. The van der Waals surface area contributed by atoms with Crippen LogP contribution in [0.5, 0.6) is 0 Å². The van der Waals surface area contributed by atoms with Gasteiger partial charge in [-0.05, 0) is 17.8 Å². The summed E-state index contributed by atoms with van der Waals surface area (Å²) in [5, 5.41) is 0. The van der Waals surface area contributed by atoms with E-state index in [0.29, 0.717) is 23.7 Å². The zero-order valence-electron chi connectivity index (χ0n) is 16.2. The van der Waals surface area contributed by atoms with Crippen LogP contribution in [0, 0.1) is 11.8 Å². The number of nitrogens with zero attached hydrogens (tertiary/aromatic N) is 5. The summed E-state index contributed by atoms with van der Waals surface area (Å²) in [5.41, 5.74) is 1.12. The van der Waals surface area contributed by atoms with Crippen LogP contribution >= 0.6 is 0 Å². The fraction of sp³-hybridized carbons (Fsp3) is 0.650. The number of oxazole rings is 1. The minimum absolute atomic E-state index is 0.395. The number of aromatic nitrogens is 3. The van der Waals surface area contributed by atoms with Crippen LogP contribution in [0.3, 0.4) is 0 Å². The zero-order valence-corrected chi connectivity index (χ0v) is 16.2. The molecule has 2 unspecified atom stereocenters. The lowest BCUT2D eigenvalue weighted by Gasteiger charge is -2.22. The standard InChI is InChI=1S/C20H29N5O/c1-13(2)17-5-19(23-12-22-17)25-9-15-7-24(8-16(15)10-25)11-20-21-6-18(26-20)14(3)4/h5-6,12-16H,7-11H2,1-4H3. The Hall–Kier alpha value is -1.95. The molecule has 140 valence electrons. The number of rotatable bonds is 5. The molecule has 26 heavy (non-hydrogen) atoms. The second-order valence-electron chi connectivity index (χ2n) is 8.39. The number of hydrogen-bond donors (Lipinski definition) is 0. The molecule has 0 amide bonds. The molecule has 6 nitrogen and oxygen atoms in total. The molecule has 2 aliphatic heterocycles. The molecule has 2 aromatic rings. The minimum Gasteiger partial charge on any atom is -0.444 e. The third kappa shape index (κ3) is 3.47. The maximum Gasteiger partial charge on any atom is 0.208 e. The van der Waals surface area contributed by atoms with Gasteiger partial charge in [-0.1, -0.05) is 27.7 Å². The summed E-state index contributed by atoms with van der Waals surface area (Å²) in [4.78, 5) is 18.3.